The monoisotopic (exact) mass is 382 g/mol. The molecule has 1 aromatic heterocycles. The van der Waals surface area contributed by atoms with Gasteiger partial charge in [0.25, 0.3) is 0 Å². The second-order valence-electron chi connectivity index (χ2n) is 6.86. The predicted octanol–water partition coefficient (Wildman–Crippen LogP) is 1.87. The highest BCUT2D eigenvalue weighted by Gasteiger charge is 2.35. The van der Waals surface area contributed by atoms with Crippen LogP contribution in [0.1, 0.15) is 44.5 Å². The Morgan fingerprint density at radius 2 is 1.96 bits per heavy atom. The smallest absolute Gasteiger partial charge is 0.276 e. The molecule has 9 heteroatoms. The van der Waals surface area contributed by atoms with Crippen LogP contribution in [-0.2, 0) is 17.1 Å². The van der Waals surface area contributed by atoms with Crippen LogP contribution in [0.2, 0.25) is 0 Å². The van der Waals surface area contributed by atoms with E-state index in [2.05, 4.69) is 5.10 Å². The number of sulfonamides is 1. The molecule has 1 unspecified atom stereocenters. The number of piperidine rings is 1. The van der Waals surface area contributed by atoms with E-state index in [0.29, 0.717) is 18.8 Å². The number of aromatic nitrogens is 3. The van der Waals surface area contributed by atoms with Gasteiger partial charge in [-0.05, 0) is 38.8 Å². The van der Waals surface area contributed by atoms with Crippen LogP contribution < -0.4 is 5.69 Å². The number of rotatable bonds is 4. The molecule has 1 atom stereocenters. The molecular formula is C17H23FN4O3S. The van der Waals surface area contributed by atoms with Crippen LogP contribution in [0.4, 0.5) is 4.39 Å². The van der Waals surface area contributed by atoms with Crippen LogP contribution in [-0.4, -0.2) is 40.2 Å². The van der Waals surface area contributed by atoms with Gasteiger partial charge in [-0.25, -0.2) is 22.3 Å². The average molecular weight is 382 g/mol. The van der Waals surface area contributed by atoms with Crippen molar-refractivity contribution < 1.29 is 12.8 Å². The van der Waals surface area contributed by atoms with Gasteiger partial charge in [0.15, 0.2) is 0 Å². The first kappa shape index (κ1) is 18.8. The number of benzene rings is 1. The Kier molecular flexibility index (Phi) is 5.03. The second-order valence-corrected chi connectivity index (χ2v) is 8.77. The van der Waals surface area contributed by atoms with Crippen molar-refractivity contribution in [3.8, 4) is 0 Å². The summed E-state index contributed by atoms with van der Waals surface area (Å²) in [6.45, 7) is 4.29. The fourth-order valence-electron chi connectivity index (χ4n) is 3.43. The Morgan fingerprint density at radius 1 is 1.27 bits per heavy atom. The Bertz CT molecular complexity index is 965. The Morgan fingerprint density at radius 3 is 2.62 bits per heavy atom. The predicted molar refractivity (Wildman–Crippen MR) is 95.0 cm³/mol. The molecule has 0 saturated carbocycles. The molecule has 26 heavy (non-hydrogen) atoms. The molecule has 0 amide bonds. The van der Waals surface area contributed by atoms with Gasteiger partial charge in [0.05, 0.1) is 0 Å². The highest BCUT2D eigenvalue weighted by atomic mass is 32.2. The molecule has 0 bridgehead atoms. The first-order valence-corrected chi connectivity index (χ1v) is 10.1. The summed E-state index contributed by atoms with van der Waals surface area (Å²) in [6.07, 6.45) is 1.35. The summed E-state index contributed by atoms with van der Waals surface area (Å²) in [5.74, 6) is -0.380. The van der Waals surface area contributed by atoms with Crippen molar-refractivity contribution in [2.75, 3.05) is 13.1 Å². The lowest BCUT2D eigenvalue weighted by molar-refractivity contribution is 0.300. The van der Waals surface area contributed by atoms with E-state index < -0.39 is 15.8 Å². The number of hydrogen-bond acceptors (Lipinski definition) is 4. The van der Waals surface area contributed by atoms with Crippen molar-refractivity contribution in [2.24, 2.45) is 7.05 Å². The highest BCUT2D eigenvalue weighted by molar-refractivity contribution is 7.89. The van der Waals surface area contributed by atoms with Gasteiger partial charge in [-0.1, -0.05) is 12.1 Å². The van der Waals surface area contributed by atoms with Crippen LogP contribution in [0.25, 0.3) is 0 Å². The molecule has 3 rings (SSSR count). The van der Waals surface area contributed by atoms with E-state index in [4.69, 9.17) is 0 Å². The van der Waals surface area contributed by atoms with Gasteiger partial charge in [0.2, 0.25) is 10.0 Å². The van der Waals surface area contributed by atoms with Crippen LogP contribution in [0.5, 0.6) is 0 Å². The van der Waals surface area contributed by atoms with E-state index in [-0.39, 0.29) is 29.1 Å². The average Bonchev–Trinajstić information content (AvgIpc) is 2.90. The summed E-state index contributed by atoms with van der Waals surface area (Å²) in [5.41, 5.74) is -0.218. The molecule has 0 spiro atoms. The zero-order valence-corrected chi connectivity index (χ0v) is 15.9. The standard InChI is InChI=1S/C17H23FN4O3S/c1-12(2)22-16(19-20(3)17(22)23)13-7-6-10-21(11-13)26(24,25)15-9-5-4-8-14(15)18/h4-5,8-9,12-13H,6-7,10-11H2,1-3H3. The van der Waals surface area contributed by atoms with Crippen molar-refractivity contribution in [3.63, 3.8) is 0 Å². The SMILES string of the molecule is CC(C)n1c(C2CCCN(S(=O)(=O)c3ccccc3F)C2)nn(C)c1=O. The molecule has 7 nitrogen and oxygen atoms in total. The molecule has 0 aliphatic carbocycles. The molecule has 1 saturated heterocycles. The molecule has 0 radical (unpaired) electrons. The Labute approximate surface area is 152 Å². The minimum absolute atomic E-state index is 0.0789. The molecule has 2 heterocycles. The third-order valence-electron chi connectivity index (χ3n) is 4.70. The number of aryl methyl sites for hydroxylation is 1. The molecule has 142 valence electrons. The summed E-state index contributed by atoms with van der Waals surface area (Å²) < 4.78 is 43.9. The minimum atomic E-state index is -3.93. The summed E-state index contributed by atoms with van der Waals surface area (Å²) in [4.78, 5) is 12.0. The van der Waals surface area contributed by atoms with Crippen LogP contribution in [0, 0.1) is 5.82 Å². The van der Waals surface area contributed by atoms with Crippen molar-refractivity contribution in [3.05, 3.63) is 46.4 Å². The van der Waals surface area contributed by atoms with Gasteiger partial charge in [0, 0.05) is 32.1 Å². The van der Waals surface area contributed by atoms with Crippen LogP contribution in [0.15, 0.2) is 34.0 Å². The zero-order chi connectivity index (χ0) is 19.1. The van der Waals surface area contributed by atoms with Crippen molar-refractivity contribution in [2.45, 2.75) is 43.5 Å². The van der Waals surface area contributed by atoms with Crippen molar-refractivity contribution in [1.29, 1.82) is 0 Å². The zero-order valence-electron chi connectivity index (χ0n) is 15.1. The lowest BCUT2D eigenvalue weighted by Gasteiger charge is -2.31. The van der Waals surface area contributed by atoms with E-state index in [1.54, 1.807) is 11.6 Å². The van der Waals surface area contributed by atoms with Gasteiger partial charge >= 0.3 is 5.69 Å². The normalized spacial score (nSPS) is 19.2. The maximum absolute atomic E-state index is 14.0. The van der Waals surface area contributed by atoms with Crippen molar-refractivity contribution in [1.82, 2.24) is 18.7 Å². The van der Waals surface area contributed by atoms with Gasteiger partial charge in [-0.15, -0.1) is 0 Å². The number of halogens is 1. The quantitative estimate of drug-likeness (QED) is 0.809. The topological polar surface area (TPSA) is 77.2 Å². The summed E-state index contributed by atoms with van der Waals surface area (Å²) in [7, 11) is -2.35. The fraction of sp³-hybridized carbons (Fsp3) is 0.529. The first-order valence-electron chi connectivity index (χ1n) is 8.63. The largest absolute Gasteiger partial charge is 0.345 e. The first-order chi connectivity index (χ1) is 12.2. The van der Waals surface area contributed by atoms with Gasteiger partial charge in [-0.3, -0.25) is 4.57 Å². The summed E-state index contributed by atoms with van der Waals surface area (Å²) >= 11 is 0. The Balaban J connectivity index is 1.95. The molecule has 1 aliphatic heterocycles. The van der Waals surface area contributed by atoms with E-state index in [9.17, 15) is 17.6 Å². The van der Waals surface area contributed by atoms with Crippen LogP contribution >= 0.6 is 0 Å². The van der Waals surface area contributed by atoms with E-state index >= 15 is 0 Å². The molecular weight excluding hydrogens is 359 g/mol. The number of hydrogen-bond donors (Lipinski definition) is 0. The Hall–Kier alpha value is -2.00. The summed E-state index contributed by atoms with van der Waals surface area (Å²) in [5, 5.41) is 4.33. The highest BCUT2D eigenvalue weighted by Crippen LogP contribution is 2.30. The van der Waals surface area contributed by atoms with E-state index in [1.165, 1.54) is 27.2 Å². The van der Waals surface area contributed by atoms with E-state index in [1.807, 2.05) is 13.8 Å². The molecule has 2 aromatic rings. The van der Waals surface area contributed by atoms with Gasteiger partial charge in [0.1, 0.15) is 16.5 Å². The van der Waals surface area contributed by atoms with E-state index in [0.717, 1.165) is 12.5 Å². The summed E-state index contributed by atoms with van der Waals surface area (Å²) in [6, 6.07) is 5.31. The third-order valence-corrected chi connectivity index (χ3v) is 6.60. The molecule has 1 fully saturated rings. The molecule has 1 aliphatic rings. The molecule has 1 aromatic carbocycles. The minimum Gasteiger partial charge on any atom is -0.276 e. The van der Waals surface area contributed by atoms with Gasteiger partial charge < -0.3 is 0 Å². The fourth-order valence-corrected chi connectivity index (χ4v) is 5.02. The maximum atomic E-state index is 14.0. The third kappa shape index (κ3) is 3.21. The second kappa shape index (κ2) is 6.96. The van der Waals surface area contributed by atoms with Crippen LogP contribution in [0.3, 0.4) is 0 Å². The number of nitrogens with zero attached hydrogens (tertiary/aromatic N) is 4. The molecule has 0 N–H and O–H groups in total. The van der Waals surface area contributed by atoms with Crippen molar-refractivity contribution >= 4 is 10.0 Å². The van der Waals surface area contributed by atoms with Gasteiger partial charge in [-0.2, -0.15) is 9.40 Å². The lowest BCUT2D eigenvalue weighted by atomic mass is 9.98. The maximum Gasteiger partial charge on any atom is 0.345 e. The lowest BCUT2D eigenvalue weighted by Crippen LogP contribution is -2.40.